The van der Waals surface area contributed by atoms with Crippen molar-refractivity contribution in [3.8, 4) is 5.75 Å². The first-order chi connectivity index (χ1) is 16.9. The molecule has 0 spiro atoms. The first-order valence-electron chi connectivity index (χ1n) is 11.7. The number of aromatic hydroxyl groups is 1. The second kappa shape index (κ2) is 12.7. The number of aliphatic hydroxyl groups is 1. The second-order valence-electron chi connectivity index (χ2n) is 8.70. The highest BCUT2D eigenvalue weighted by Gasteiger charge is 2.10. The number of anilines is 1. The highest BCUT2D eigenvalue weighted by molar-refractivity contribution is 5.78. The van der Waals surface area contributed by atoms with Gasteiger partial charge in [-0.3, -0.25) is 9.59 Å². The summed E-state index contributed by atoms with van der Waals surface area (Å²) in [6, 6.07) is 18.8. The van der Waals surface area contributed by atoms with Gasteiger partial charge < -0.3 is 26.2 Å². The summed E-state index contributed by atoms with van der Waals surface area (Å²) < 4.78 is 0. The van der Waals surface area contributed by atoms with Crippen LogP contribution in [-0.2, 0) is 29.0 Å². The van der Waals surface area contributed by atoms with Crippen LogP contribution in [0, 0.1) is 13.8 Å². The number of benzene rings is 3. The maximum Gasteiger partial charge on any atom is 0.224 e. The zero-order valence-corrected chi connectivity index (χ0v) is 20.2. The monoisotopic (exact) mass is 475 g/mol. The van der Waals surface area contributed by atoms with Gasteiger partial charge in [0.1, 0.15) is 5.75 Å². The Morgan fingerprint density at radius 3 is 2.54 bits per heavy atom. The van der Waals surface area contributed by atoms with Gasteiger partial charge in [0.15, 0.2) is 0 Å². The SMILES string of the molecule is Cc1ccc(CNC(=O)Cc2cccc(CCNC[C@@H](O)c3ccc(O)c(NC=O)c3)c2)cc1C. The number of nitrogens with one attached hydrogen (secondary N) is 3. The van der Waals surface area contributed by atoms with Crippen molar-refractivity contribution in [3.63, 3.8) is 0 Å². The normalized spacial score (nSPS) is 11.6. The largest absolute Gasteiger partial charge is 0.506 e. The minimum Gasteiger partial charge on any atom is -0.506 e. The van der Waals surface area contributed by atoms with Crippen molar-refractivity contribution in [2.24, 2.45) is 0 Å². The lowest BCUT2D eigenvalue weighted by molar-refractivity contribution is -0.120. The van der Waals surface area contributed by atoms with E-state index in [1.165, 1.54) is 17.2 Å². The average Bonchev–Trinajstić information content (AvgIpc) is 2.84. The molecule has 2 amide bonds. The molecule has 0 bridgehead atoms. The third kappa shape index (κ3) is 7.95. The zero-order chi connectivity index (χ0) is 25.2. The van der Waals surface area contributed by atoms with Gasteiger partial charge in [-0.05, 0) is 72.3 Å². The smallest absolute Gasteiger partial charge is 0.224 e. The van der Waals surface area contributed by atoms with E-state index < -0.39 is 6.10 Å². The van der Waals surface area contributed by atoms with Crippen LogP contribution in [0.25, 0.3) is 0 Å². The van der Waals surface area contributed by atoms with Gasteiger partial charge in [0.25, 0.3) is 0 Å². The number of phenolic OH excluding ortho intramolecular Hbond substituents is 1. The fourth-order valence-electron chi connectivity index (χ4n) is 3.79. The first-order valence-corrected chi connectivity index (χ1v) is 11.7. The molecule has 3 aromatic carbocycles. The number of rotatable bonds is 12. The van der Waals surface area contributed by atoms with Crippen LogP contribution in [-0.4, -0.2) is 35.6 Å². The maximum atomic E-state index is 12.4. The van der Waals surface area contributed by atoms with Gasteiger partial charge in [-0.15, -0.1) is 0 Å². The van der Waals surface area contributed by atoms with E-state index in [1.54, 1.807) is 12.1 Å². The van der Waals surface area contributed by atoms with E-state index in [2.05, 4.69) is 41.9 Å². The molecule has 0 unspecified atom stereocenters. The van der Waals surface area contributed by atoms with Crippen LogP contribution in [0.1, 0.15) is 39.5 Å². The molecule has 0 saturated carbocycles. The number of hydrogen-bond acceptors (Lipinski definition) is 5. The molecule has 184 valence electrons. The quantitative estimate of drug-likeness (QED) is 0.157. The minimum absolute atomic E-state index is 0.0149. The highest BCUT2D eigenvalue weighted by Crippen LogP contribution is 2.26. The van der Waals surface area contributed by atoms with Crippen molar-refractivity contribution in [1.82, 2.24) is 10.6 Å². The molecule has 0 aliphatic heterocycles. The topological polar surface area (TPSA) is 111 Å². The molecule has 0 aromatic heterocycles. The number of aliphatic hydroxyl groups excluding tert-OH is 1. The van der Waals surface area contributed by atoms with Crippen molar-refractivity contribution in [2.45, 2.75) is 39.3 Å². The van der Waals surface area contributed by atoms with Crippen LogP contribution in [0.3, 0.4) is 0 Å². The van der Waals surface area contributed by atoms with Crippen LogP contribution >= 0.6 is 0 Å². The predicted molar refractivity (Wildman–Crippen MR) is 137 cm³/mol. The summed E-state index contributed by atoms with van der Waals surface area (Å²) in [5, 5.41) is 28.7. The lowest BCUT2D eigenvalue weighted by atomic mass is 10.0. The molecule has 5 N–H and O–H groups in total. The third-order valence-electron chi connectivity index (χ3n) is 5.97. The Bertz CT molecular complexity index is 1160. The summed E-state index contributed by atoms with van der Waals surface area (Å²) in [4.78, 5) is 23.0. The molecule has 7 nitrogen and oxygen atoms in total. The molecule has 0 saturated heterocycles. The lowest BCUT2D eigenvalue weighted by Crippen LogP contribution is -2.25. The summed E-state index contributed by atoms with van der Waals surface area (Å²) in [5.41, 5.74) is 6.45. The summed E-state index contributed by atoms with van der Waals surface area (Å²) >= 11 is 0. The molecule has 3 aromatic rings. The van der Waals surface area contributed by atoms with Crippen molar-refractivity contribution in [1.29, 1.82) is 0 Å². The van der Waals surface area contributed by atoms with Crippen molar-refractivity contribution < 1.29 is 19.8 Å². The van der Waals surface area contributed by atoms with E-state index in [0.717, 1.165) is 23.1 Å². The lowest BCUT2D eigenvalue weighted by Gasteiger charge is -2.14. The van der Waals surface area contributed by atoms with Gasteiger partial charge in [-0.2, -0.15) is 0 Å². The predicted octanol–water partition coefficient (Wildman–Crippen LogP) is 3.30. The maximum absolute atomic E-state index is 12.4. The summed E-state index contributed by atoms with van der Waals surface area (Å²) in [7, 11) is 0. The van der Waals surface area contributed by atoms with Gasteiger partial charge in [-0.1, -0.05) is 48.5 Å². The number of amides is 2. The van der Waals surface area contributed by atoms with Gasteiger partial charge in [-0.25, -0.2) is 0 Å². The molecule has 0 radical (unpaired) electrons. The van der Waals surface area contributed by atoms with Crippen molar-refractivity contribution in [2.75, 3.05) is 18.4 Å². The van der Waals surface area contributed by atoms with E-state index in [9.17, 15) is 19.8 Å². The number of carbonyl (C=O) groups excluding carboxylic acids is 2. The van der Waals surface area contributed by atoms with Gasteiger partial charge >= 0.3 is 0 Å². The molecule has 0 aliphatic carbocycles. The second-order valence-corrected chi connectivity index (χ2v) is 8.70. The van der Waals surface area contributed by atoms with Crippen LogP contribution < -0.4 is 16.0 Å². The zero-order valence-electron chi connectivity index (χ0n) is 20.2. The Morgan fingerprint density at radius 1 is 0.971 bits per heavy atom. The summed E-state index contributed by atoms with van der Waals surface area (Å²) in [6.45, 7) is 5.63. The Balaban J connectivity index is 1.43. The van der Waals surface area contributed by atoms with Crippen LogP contribution in [0.5, 0.6) is 5.75 Å². The molecule has 1 atom stereocenters. The van der Waals surface area contributed by atoms with Crippen molar-refractivity contribution >= 4 is 18.0 Å². The molecule has 0 aliphatic rings. The van der Waals surface area contributed by atoms with E-state index in [-0.39, 0.29) is 17.3 Å². The number of phenols is 1. The Hall–Kier alpha value is -3.68. The number of hydrogen-bond donors (Lipinski definition) is 5. The molecular weight excluding hydrogens is 442 g/mol. The van der Waals surface area contributed by atoms with Crippen LogP contribution in [0.15, 0.2) is 60.7 Å². The molecular formula is C28H33N3O4. The van der Waals surface area contributed by atoms with E-state index in [1.807, 2.05) is 30.3 Å². The third-order valence-corrected chi connectivity index (χ3v) is 5.97. The molecule has 35 heavy (non-hydrogen) atoms. The standard InChI is InChI=1S/C28H33N3O4/c1-19-6-7-23(12-20(19)2)16-30-28(35)14-22-5-3-4-21(13-22)10-11-29-17-27(34)24-8-9-26(33)25(15-24)31-18-32/h3-9,12-13,15,18,27,29,33-34H,10-11,14,16-17H2,1-2H3,(H,30,35)(H,31,32)/t27-/m1/s1. The Kier molecular flexibility index (Phi) is 9.40. The molecule has 3 rings (SSSR count). The van der Waals surface area contributed by atoms with Crippen molar-refractivity contribution in [3.05, 3.63) is 94.0 Å². The molecule has 0 fully saturated rings. The van der Waals surface area contributed by atoms with Gasteiger partial charge in [0.2, 0.25) is 12.3 Å². The van der Waals surface area contributed by atoms with E-state index in [0.29, 0.717) is 38.0 Å². The van der Waals surface area contributed by atoms with Crippen LogP contribution in [0.4, 0.5) is 5.69 Å². The van der Waals surface area contributed by atoms with E-state index >= 15 is 0 Å². The minimum atomic E-state index is -0.782. The first kappa shape index (κ1) is 25.9. The van der Waals surface area contributed by atoms with Crippen LogP contribution in [0.2, 0.25) is 0 Å². The molecule has 7 heteroatoms. The van der Waals surface area contributed by atoms with E-state index in [4.69, 9.17) is 0 Å². The number of carbonyl (C=O) groups is 2. The average molecular weight is 476 g/mol. The fourth-order valence-corrected chi connectivity index (χ4v) is 3.79. The van der Waals surface area contributed by atoms with Gasteiger partial charge in [0.05, 0.1) is 18.2 Å². The Labute approximate surface area is 206 Å². The molecule has 0 heterocycles. The Morgan fingerprint density at radius 2 is 1.77 bits per heavy atom. The fraction of sp³-hybridized carbons (Fsp3) is 0.286. The summed E-state index contributed by atoms with van der Waals surface area (Å²) in [5.74, 6) is -0.0706. The summed E-state index contributed by atoms with van der Waals surface area (Å²) in [6.07, 6.45) is 0.767. The number of aryl methyl sites for hydroxylation is 2. The highest BCUT2D eigenvalue weighted by atomic mass is 16.3. The van der Waals surface area contributed by atoms with Gasteiger partial charge in [0, 0.05) is 13.1 Å².